The van der Waals surface area contributed by atoms with Gasteiger partial charge < -0.3 is 14.4 Å². The van der Waals surface area contributed by atoms with E-state index in [1.54, 1.807) is 19.2 Å². The summed E-state index contributed by atoms with van der Waals surface area (Å²) in [5.74, 6) is 1.31. The summed E-state index contributed by atoms with van der Waals surface area (Å²) >= 11 is 0. The summed E-state index contributed by atoms with van der Waals surface area (Å²) in [6, 6.07) is 9.12. The molecule has 0 unspecified atom stereocenters. The average Bonchev–Trinajstić information content (AvgIpc) is 2.79. The van der Waals surface area contributed by atoms with Gasteiger partial charge in [0.1, 0.15) is 12.4 Å². The summed E-state index contributed by atoms with van der Waals surface area (Å²) in [5.41, 5.74) is 0.766. The molecule has 0 saturated heterocycles. The molecule has 2 rings (SSSR count). The van der Waals surface area contributed by atoms with Crippen molar-refractivity contribution in [2.45, 2.75) is 19.6 Å². The molecule has 4 nitrogen and oxygen atoms in total. The molecule has 1 atom stereocenters. The van der Waals surface area contributed by atoms with Crippen LogP contribution in [0.2, 0.25) is 0 Å². The van der Waals surface area contributed by atoms with Gasteiger partial charge >= 0.3 is 0 Å². The van der Waals surface area contributed by atoms with Crippen molar-refractivity contribution in [3.63, 3.8) is 0 Å². The molecule has 1 N–H and O–H groups in total. The van der Waals surface area contributed by atoms with E-state index in [1.165, 1.54) is 0 Å². The Morgan fingerprint density at radius 1 is 1.38 bits per heavy atom. The van der Waals surface area contributed by atoms with E-state index in [2.05, 4.69) is 5.16 Å². The Labute approximate surface area is 93.5 Å². The van der Waals surface area contributed by atoms with Crippen LogP contribution in [0.3, 0.4) is 0 Å². The molecule has 0 saturated carbocycles. The molecule has 2 aromatic rings. The van der Waals surface area contributed by atoms with Crippen molar-refractivity contribution in [1.29, 1.82) is 0 Å². The number of aromatic nitrogens is 1. The molecule has 16 heavy (non-hydrogen) atoms. The number of nitrogens with zero attached hydrogens (tertiary/aromatic N) is 1. The Kier molecular flexibility index (Phi) is 3.22. The number of hydrogen-bond acceptors (Lipinski definition) is 4. The van der Waals surface area contributed by atoms with Crippen LogP contribution in [0.1, 0.15) is 24.4 Å². The van der Waals surface area contributed by atoms with Gasteiger partial charge in [-0.25, -0.2) is 0 Å². The van der Waals surface area contributed by atoms with E-state index in [-0.39, 0.29) is 0 Å². The first-order valence-electron chi connectivity index (χ1n) is 5.06. The van der Waals surface area contributed by atoms with Gasteiger partial charge in [-0.1, -0.05) is 23.4 Å². The largest absolute Gasteiger partial charge is 0.485 e. The lowest BCUT2D eigenvalue weighted by molar-refractivity contribution is 0.186. The van der Waals surface area contributed by atoms with Gasteiger partial charge in [0, 0.05) is 11.6 Å². The van der Waals surface area contributed by atoms with Crippen molar-refractivity contribution in [3.8, 4) is 5.75 Å². The maximum absolute atomic E-state index is 9.55. The van der Waals surface area contributed by atoms with E-state index in [0.29, 0.717) is 18.1 Å². The average molecular weight is 219 g/mol. The number of ether oxygens (including phenoxy) is 1. The van der Waals surface area contributed by atoms with Crippen molar-refractivity contribution in [2.75, 3.05) is 0 Å². The fraction of sp³-hybridized carbons (Fsp3) is 0.250. The van der Waals surface area contributed by atoms with Crippen molar-refractivity contribution in [1.82, 2.24) is 5.16 Å². The van der Waals surface area contributed by atoms with Gasteiger partial charge in [0.2, 0.25) is 0 Å². The van der Waals surface area contributed by atoms with E-state index in [1.807, 2.05) is 24.3 Å². The molecule has 1 aromatic carbocycles. The van der Waals surface area contributed by atoms with E-state index >= 15 is 0 Å². The molecular formula is C12H13NO3. The molecule has 0 aliphatic carbocycles. The van der Waals surface area contributed by atoms with E-state index in [4.69, 9.17) is 9.26 Å². The molecule has 0 bridgehead atoms. The first-order valence-corrected chi connectivity index (χ1v) is 5.06. The molecule has 84 valence electrons. The third-order valence-corrected chi connectivity index (χ3v) is 2.23. The number of benzene rings is 1. The molecule has 1 aromatic heterocycles. The second-order valence-corrected chi connectivity index (χ2v) is 3.48. The normalized spacial score (nSPS) is 12.4. The molecule has 1 heterocycles. The minimum atomic E-state index is -0.550. The highest BCUT2D eigenvalue weighted by Crippen LogP contribution is 2.25. The van der Waals surface area contributed by atoms with Gasteiger partial charge in [-0.05, 0) is 13.0 Å². The van der Waals surface area contributed by atoms with Crippen molar-refractivity contribution in [3.05, 3.63) is 47.9 Å². The fourth-order valence-corrected chi connectivity index (χ4v) is 1.42. The lowest BCUT2D eigenvalue weighted by atomic mass is 10.1. The highest BCUT2D eigenvalue weighted by Gasteiger charge is 2.08. The van der Waals surface area contributed by atoms with Crippen LogP contribution in [0.15, 0.2) is 41.1 Å². The van der Waals surface area contributed by atoms with Crippen molar-refractivity contribution in [2.24, 2.45) is 0 Å². The fourth-order valence-electron chi connectivity index (χ4n) is 1.42. The Balaban J connectivity index is 2.09. The molecule has 0 amide bonds. The lowest BCUT2D eigenvalue weighted by Crippen LogP contribution is -2.00. The monoisotopic (exact) mass is 219 g/mol. The maximum Gasteiger partial charge on any atom is 0.174 e. The Bertz CT molecular complexity index is 437. The van der Waals surface area contributed by atoms with Crippen molar-refractivity contribution < 1.29 is 14.4 Å². The van der Waals surface area contributed by atoms with Gasteiger partial charge in [-0.15, -0.1) is 0 Å². The standard InChI is InChI=1S/C12H13NO3/c1-9(14)11-4-2-3-5-12(11)15-8-10-6-7-13-16-10/h2-7,9,14H,8H2,1H3/t9-/m1/s1. The van der Waals surface area contributed by atoms with Crippen LogP contribution < -0.4 is 4.74 Å². The topological polar surface area (TPSA) is 55.5 Å². The lowest BCUT2D eigenvalue weighted by Gasteiger charge is -2.11. The van der Waals surface area contributed by atoms with Gasteiger partial charge in [0.15, 0.2) is 5.76 Å². The zero-order valence-electron chi connectivity index (χ0n) is 8.96. The first-order chi connectivity index (χ1) is 7.77. The molecule has 4 heteroatoms. The SMILES string of the molecule is C[C@@H](O)c1ccccc1OCc1ccno1. The van der Waals surface area contributed by atoms with Gasteiger partial charge in [0.05, 0.1) is 12.3 Å². The molecular weight excluding hydrogens is 206 g/mol. The van der Waals surface area contributed by atoms with Crippen LogP contribution in [0.4, 0.5) is 0 Å². The van der Waals surface area contributed by atoms with Gasteiger partial charge in [-0.3, -0.25) is 0 Å². The molecule has 0 aliphatic heterocycles. The molecule has 0 radical (unpaired) electrons. The highest BCUT2D eigenvalue weighted by atomic mass is 16.5. The number of aliphatic hydroxyl groups excluding tert-OH is 1. The molecule has 0 fully saturated rings. The minimum absolute atomic E-state index is 0.309. The predicted molar refractivity (Wildman–Crippen MR) is 57.9 cm³/mol. The Morgan fingerprint density at radius 2 is 2.19 bits per heavy atom. The van der Waals surface area contributed by atoms with Gasteiger partial charge in [-0.2, -0.15) is 0 Å². The number of aliphatic hydroxyl groups is 1. The summed E-state index contributed by atoms with van der Waals surface area (Å²) in [6.07, 6.45) is 1.02. The van der Waals surface area contributed by atoms with Crippen LogP contribution >= 0.6 is 0 Å². The van der Waals surface area contributed by atoms with E-state index in [9.17, 15) is 5.11 Å². The van der Waals surface area contributed by atoms with Crippen LogP contribution in [0.5, 0.6) is 5.75 Å². The summed E-state index contributed by atoms with van der Waals surface area (Å²) in [7, 11) is 0. The molecule has 0 spiro atoms. The van der Waals surface area contributed by atoms with Crippen molar-refractivity contribution >= 4 is 0 Å². The summed E-state index contributed by atoms with van der Waals surface area (Å²) in [6.45, 7) is 2.01. The third-order valence-electron chi connectivity index (χ3n) is 2.23. The summed E-state index contributed by atoms with van der Waals surface area (Å²) in [4.78, 5) is 0. The predicted octanol–water partition coefficient (Wildman–Crippen LogP) is 2.31. The smallest absolute Gasteiger partial charge is 0.174 e. The number of para-hydroxylation sites is 1. The van der Waals surface area contributed by atoms with Gasteiger partial charge in [0.25, 0.3) is 0 Å². The van der Waals surface area contributed by atoms with Crippen LogP contribution in [-0.4, -0.2) is 10.3 Å². The summed E-state index contributed by atoms with van der Waals surface area (Å²) < 4.78 is 10.5. The molecule has 0 aliphatic rings. The van der Waals surface area contributed by atoms with Crippen LogP contribution in [-0.2, 0) is 6.61 Å². The second-order valence-electron chi connectivity index (χ2n) is 3.48. The quantitative estimate of drug-likeness (QED) is 0.857. The second kappa shape index (κ2) is 4.81. The maximum atomic E-state index is 9.55. The first kappa shape index (κ1) is 10.7. The van der Waals surface area contributed by atoms with E-state index < -0.39 is 6.10 Å². The zero-order valence-corrected chi connectivity index (χ0v) is 8.96. The highest BCUT2D eigenvalue weighted by molar-refractivity contribution is 5.34. The number of rotatable bonds is 4. The van der Waals surface area contributed by atoms with Crippen LogP contribution in [0, 0.1) is 0 Å². The van der Waals surface area contributed by atoms with Crippen LogP contribution in [0.25, 0.3) is 0 Å². The number of hydrogen-bond donors (Lipinski definition) is 1. The Morgan fingerprint density at radius 3 is 2.88 bits per heavy atom. The zero-order chi connectivity index (χ0) is 11.4. The third kappa shape index (κ3) is 2.41. The Hall–Kier alpha value is -1.81. The van der Waals surface area contributed by atoms with E-state index in [0.717, 1.165) is 5.56 Å². The minimum Gasteiger partial charge on any atom is -0.485 e. The summed E-state index contributed by atoms with van der Waals surface area (Å²) in [5, 5.41) is 13.1.